The summed E-state index contributed by atoms with van der Waals surface area (Å²) in [6.45, 7) is 4.99. The molecule has 29 heavy (non-hydrogen) atoms. The van der Waals surface area contributed by atoms with Crippen LogP contribution in [0.4, 0.5) is 20.7 Å². The molecule has 2 N–H and O–H groups in total. The van der Waals surface area contributed by atoms with E-state index < -0.39 is 0 Å². The summed E-state index contributed by atoms with van der Waals surface area (Å²) in [4.78, 5) is 23.2. The number of benzene rings is 1. The van der Waals surface area contributed by atoms with Gasteiger partial charge in [-0.25, -0.2) is 19.2 Å². The zero-order chi connectivity index (χ0) is 20.4. The van der Waals surface area contributed by atoms with E-state index in [1.54, 1.807) is 24.4 Å². The van der Waals surface area contributed by atoms with Crippen LogP contribution in [0.3, 0.4) is 0 Å². The minimum Gasteiger partial charge on any atom is -0.367 e. The Hall–Kier alpha value is -3.49. The number of urea groups is 1. The first kappa shape index (κ1) is 18.9. The van der Waals surface area contributed by atoms with Crippen molar-refractivity contribution in [2.75, 3.05) is 23.3 Å². The van der Waals surface area contributed by atoms with Crippen LogP contribution in [-0.2, 0) is 0 Å². The van der Waals surface area contributed by atoms with Gasteiger partial charge in [-0.05, 0) is 38.5 Å². The SMILES string of the molecule is Cc1cc(C)nc(-n2nccc2NC(=O)NC2CCN(c3ccccc3F)C2)n1. The molecule has 8 nitrogen and oxygen atoms in total. The summed E-state index contributed by atoms with van der Waals surface area (Å²) in [5.41, 5.74) is 2.19. The fourth-order valence-electron chi connectivity index (χ4n) is 3.50. The molecular weight excluding hydrogens is 373 g/mol. The van der Waals surface area contributed by atoms with Crippen molar-refractivity contribution in [2.24, 2.45) is 0 Å². The lowest BCUT2D eigenvalue weighted by atomic mass is 10.2. The van der Waals surface area contributed by atoms with Gasteiger partial charge in [0.2, 0.25) is 0 Å². The van der Waals surface area contributed by atoms with Crippen LogP contribution in [0.15, 0.2) is 42.6 Å². The highest BCUT2D eigenvalue weighted by Crippen LogP contribution is 2.23. The van der Waals surface area contributed by atoms with E-state index in [2.05, 4.69) is 25.7 Å². The van der Waals surface area contributed by atoms with E-state index in [9.17, 15) is 9.18 Å². The standard InChI is InChI=1S/C20H22FN7O/c1-13-11-14(2)24-19(23-13)28-18(7-9-22-28)26-20(29)25-15-8-10-27(12-15)17-6-4-3-5-16(17)21/h3-7,9,11,15H,8,10,12H2,1-2H3,(H2,25,26,29). The lowest BCUT2D eigenvalue weighted by molar-refractivity contribution is 0.249. The third-order valence-electron chi connectivity index (χ3n) is 4.76. The van der Waals surface area contributed by atoms with Gasteiger partial charge in [-0.15, -0.1) is 0 Å². The topological polar surface area (TPSA) is 88.0 Å². The Bertz CT molecular complexity index is 1010. The largest absolute Gasteiger partial charge is 0.367 e. The normalized spacial score (nSPS) is 16.1. The van der Waals surface area contributed by atoms with E-state index in [1.165, 1.54) is 10.7 Å². The van der Waals surface area contributed by atoms with Crippen LogP contribution in [0.2, 0.25) is 0 Å². The third kappa shape index (κ3) is 4.18. The maximum Gasteiger partial charge on any atom is 0.320 e. The van der Waals surface area contributed by atoms with Crippen LogP contribution in [0.1, 0.15) is 17.8 Å². The second-order valence-electron chi connectivity index (χ2n) is 7.06. The van der Waals surface area contributed by atoms with Gasteiger partial charge in [-0.1, -0.05) is 12.1 Å². The first-order chi connectivity index (χ1) is 14.0. The molecule has 1 aromatic carbocycles. The minimum absolute atomic E-state index is 0.0801. The molecule has 0 bridgehead atoms. The van der Waals surface area contributed by atoms with Crippen LogP contribution in [0.5, 0.6) is 0 Å². The molecule has 9 heteroatoms. The van der Waals surface area contributed by atoms with Gasteiger partial charge in [-0.2, -0.15) is 9.78 Å². The molecule has 0 spiro atoms. The number of amides is 2. The first-order valence-corrected chi connectivity index (χ1v) is 9.43. The molecule has 3 aromatic rings. The molecule has 0 aliphatic carbocycles. The fourth-order valence-corrected chi connectivity index (χ4v) is 3.50. The molecule has 150 valence electrons. The molecule has 2 aromatic heterocycles. The molecule has 1 atom stereocenters. The van der Waals surface area contributed by atoms with Crippen LogP contribution in [-0.4, -0.2) is 44.9 Å². The lowest BCUT2D eigenvalue weighted by Gasteiger charge is -2.19. The van der Waals surface area contributed by atoms with Gasteiger partial charge < -0.3 is 10.2 Å². The highest BCUT2D eigenvalue weighted by atomic mass is 19.1. The Morgan fingerprint density at radius 2 is 1.93 bits per heavy atom. The Morgan fingerprint density at radius 3 is 2.69 bits per heavy atom. The molecule has 1 fully saturated rings. The maximum absolute atomic E-state index is 14.0. The molecule has 1 aliphatic heterocycles. The number of halogens is 1. The van der Waals surface area contributed by atoms with Crippen LogP contribution < -0.4 is 15.5 Å². The molecule has 0 radical (unpaired) electrons. The van der Waals surface area contributed by atoms with Gasteiger partial charge in [0.15, 0.2) is 0 Å². The molecule has 4 rings (SSSR count). The van der Waals surface area contributed by atoms with E-state index in [-0.39, 0.29) is 17.9 Å². The van der Waals surface area contributed by atoms with Gasteiger partial charge in [-0.3, -0.25) is 5.32 Å². The van der Waals surface area contributed by atoms with Crippen LogP contribution in [0, 0.1) is 19.7 Å². The van der Waals surface area contributed by atoms with Gasteiger partial charge in [0.25, 0.3) is 5.95 Å². The van der Waals surface area contributed by atoms with Crippen LogP contribution >= 0.6 is 0 Å². The first-order valence-electron chi connectivity index (χ1n) is 9.43. The number of carbonyl (C=O) groups excluding carboxylic acids is 1. The number of para-hydroxylation sites is 1. The van der Waals surface area contributed by atoms with E-state index in [0.29, 0.717) is 30.5 Å². The van der Waals surface area contributed by atoms with Gasteiger partial charge in [0.05, 0.1) is 11.9 Å². The predicted octanol–water partition coefficient (Wildman–Crippen LogP) is 2.82. The fraction of sp³-hybridized carbons (Fsp3) is 0.300. The highest BCUT2D eigenvalue weighted by Gasteiger charge is 2.26. The van der Waals surface area contributed by atoms with Crippen molar-refractivity contribution < 1.29 is 9.18 Å². The number of rotatable bonds is 4. The number of aryl methyl sites for hydroxylation is 2. The number of hydrogen-bond acceptors (Lipinski definition) is 5. The van der Waals surface area contributed by atoms with Crippen molar-refractivity contribution in [3.8, 4) is 5.95 Å². The van der Waals surface area contributed by atoms with Crippen LogP contribution in [0.25, 0.3) is 5.95 Å². The third-order valence-corrected chi connectivity index (χ3v) is 4.76. The summed E-state index contributed by atoms with van der Waals surface area (Å²) in [5, 5.41) is 9.95. The minimum atomic E-state index is -0.350. The van der Waals surface area contributed by atoms with Gasteiger partial charge in [0.1, 0.15) is 11.6 Å². The maximum atomic E-state index is 14.0. The summed E-state index contributed by atoms with van der Waals surface area (Å²) in [6.07, 6.45) is 2.31. The number of anilines is 2. The molecular formula is C20H22FN7O. The number of nitrogens with one attached hydrogen (secondary N) is 2. The van der Waals surface area contributed by atoms with Crippen molar-refractivity contribution in [3.05, 3.63) is 59.8 Å². The summed E-state index contributed by atoms with van der Waals surface area (Å²) >= 11 is 0. The molecule has 1 saturated heterocycles. The number of carbonyl (C=O) groups is 1. The Labute approximate surface area is 167 Å². The summed E-state index contributed by atoms with van der Waals surface area (Å²) in [5.74, 6) is 0.612. The van der Waals surface area contributed by atoms with Gasteiger partial charge >= 0.3 is 6.03 Å². The Morgan fingerprint density at radius 1 is 1.17 bits per heavy atom. The molecule has 3 heterocycles. The van der Waals surface area contributed by atoms with E-state index >= 15 is 0 Å². The molecule has 1 aliphatic rings. The smallest absolute Gasteiger partial charge is 0.320 e. The highest BCUT2D eigenvalue weighted by molar-refractivity contribution is 5.88. The number of nitrogens with zero attached hydrogens (tertiary/aromatic N) is 5. The molecule has 2 amide bonds. The monoisotopic (exact) mass is 395 g/mol. The Balaban J connectivity index is 1.40. The number of hydrogen-bond donors (Lipinski definition) is 2. The second kappa shape index (κ2) is 7.86. The van der Waals surface area contributed by atoms with Crippen molar-refractivity contribution in [1.29, 1.82) is 0 Å². The zero-order valence-electron chi connectivity index (χ0n) is 16.3. The van der Waals surface area contributed by atoms with Crippen molar-refractivity contribution in [1.82, 2.24) is 25.1 Å². The van der Waals surface area contributed by atoms with Gasteiger partial charge in [0, 0.05) is 36.6 Å². The summed E-state index contributed by atoms with van der Waals surface area (Å²) in [6, 6.07) is 9.79. The molecule has 1 unspecified atom stereocenters. The summed E-state index contributed by atoms with van der Waals surface area (Å²) < 4.78 is 15.5. The number of aromatic nitrogens is 4. The quantitative estimate of drug-likeness (QED) is 0.709. The zero-order valence-corrected chi connectivity index (χ0v) is 16.3. The summed E-state index contributed by atoms with van der Waals surface area (Å²) in [7, 11) is 0. The average Bonchev–Trinajstić information content (AvgIpc) is 3.31. The van der Waals surface area contributed by atoms with Crippen molar-refractivity contribution >= 4 is 17.5 Å². The van der Waals surface area contributed by atoms with E-state index in [4.69, 9.17) is 0 Å². The molecule has 0 saturated carbocycles. The van der Waals surface area contributed by atoms with Crippen molar-refractivity contribution in [3.63, 3.8) is 0 Å². The lowest BCUT2D eigenvalue weighted by Crippen LogP contribution is -2.40. The Kier molecular flexibility index (Phi) is 5.11. The second-order valence-corrected chi connectivity index (χ2v) is 7.06. The van der Waals surface area contributed by atoms with Crippen molar-refractivity contribution in [2.45, 2.75) is 26.3 Å². The van der Waals surface area contributed by atoms with E-state index in [1.807, 2.05) is 30.9 Å². The predicted molar refractivity (Wildman–Crippen MR) is 108 cm³/mol. The average molecular weight is 395 g/mol. The van der Waals surface area contributed by atoms with E-state index in [0.717, 1.165) is 17.8 Å².